The number of benzene rings is 1. The van der Waals surface area contributed by atoms with Crippen LogP contribution in [0.1, 0.15) is 132 Å². The standard InChI is InChI=1S/C43H58F3NO6/c1-24(2)33-28(48)22-42(35(50)47-27-13-11-10-12-25(27)43(44,45)46)21-20-40(8)26(34(33)42)14-15-30-39(7)18-17-31(53-32(49)23-37(3,4)36(51)52)38(5,6)29(39)16-19-41(30,40)9/h10-13,24,26,29-31H,14-23H2,1-9H3,(H,47,50)(H,51,52)/t26-,29+,30-,31+,39+,40-,41-,42-/m1/s1. The molecular weight excluding hydrogens is 683 g/mol. The number of carboxylic acids is 1. The van der Waals surface area contributed by atoms with Crippen LogP contribution in [0.15, 0.2) is 35.4 Å². The fourth-order valence-corrected chi connectivity index (χ4v) is 12.8. The van der Waals surface area contributed by atoms with Crippen LogP contribution in [-0.4, -0.2) is 34.8 Å². The van der Waals surface area contributed by atoms with E-state index in [4.69, 9.17) is 4.74 Å². The van der Waals surface area contributed by atoms with E-state index in [1.54, 1.807) is 0 Å². The predicted molar refractivity (Wildman–Crippen MR) is 195 cm³/mol. The second kappa shape index (κ2) is 12.7. The molecule has 4 saturated carbocycles. The molecule has 5 aliphatic rings. The summed E-state index contributed by atoms with van der Waals surface area (Å²) < 4.78 is 48.1. The Hall–Kier alpha value is -3.17. The Morgan fingerprint density at radius 3 is 2.19 bits per heavy atom. The molecule has 2 N–H and O–H groups in total. The van der Waals surface area contributed by atoms with Gasteiger partial charge in [-0.05, 0) is 128 Å². The zero-order valence-corrected chi connectivity index (χ0v) is 32.9. The van der Waals surface area contributed by atoms with Gasteiger partial charge in [0.2, 0.25) is 5.91 Å². The molecule has 0 unspecified atom stereocenters. The second-order valence-corrected chi connectivity index (χ2v) is 19.5. The van der Waals surface area contributed by atoms with Crippen molar-refractivity contribution in [3.63, 3.8) is 0 Å². The Kier molecular flexibility index (Phi) is 9.46. The highest BCUT2D eigenvalue weighted by Crippen LogP contribution is 2.77. The lowest BCUT2D eigenvalue weighted by Gasteiger charge is -2.72. The van der Waals surface area contributed by atoms with Crippen LogP contribution in [0.3, 0.4) is 0 Å². The van der Waals surface area contributed by atoms with Crippen molar-refractivity contribution in [1.29, 1.82) is 0 Å². The molecule has 0 aromatic heterocycles. The number of aliphatic carboxylic acids is 1. The monoisotopic (exact) mass is 741 g/mol. The SMILES string of the molecule is CC(C)C1=C2[C@H]3CC[C@@H]4[C@@]5(C)CC[C@H](OC(=O)CC(C)(C)C(=O)O)C(C)(C)[C@@H]5CC[C@@]4(C)[C@]3(C)CC[C@@]2(C(=O)Nc2ccccc2C(F)(F)F)CC1=O. The first-order chi connectivity index (χ1) is 24.4. The van der Waals surface area contributed by atoms with Crippen LogP contribution in [0.2, 0.25) is 0 Å². The number of esters is 1. The minimum absolute atomic E-state index is 0.0136. The van der Waals surface area contributed by atoms with Crippen molar-refractivity contribution >= 4 is 29.3 Å². The first kappa shape index (κ1) is 39.5. The Morgan fingerprint density at radius 1 is 0.906 bits per heavy atom. The quantitative estimate of drug-likeness (QED) is 0.269. The molecule has 0 heterocycles. The van der Waals surface area contributed by atoms with E-state index in [1.165, 1.54) is 32.0 Å². The number of carbonyl (C=O) groups is 4. The molecule has 5 aliphatic carbocycles. The fourth-order valence-electron chi connectivity index (χ4n) is 12.8. The van der Waals surface area contributed by atoms with E-state index in [0.717, 1.165) is 43.7 Å². The van der Waals surface area contributed by atoms with E-state index < -0.39 is 40.4 Å². The minimum Gasteiger partial charge on any atom is -0.481 e. The molecule has 1 aromatic carbocycles. The lowest BCUT2D eigenvalue weighted by Crippen LogP contribution is -2.66. The molecule has 10 heteroatoms. The number of para-hydroxylation sites is 1. The smallest absolute Gasteiger partial charge is 0.418 e. The van der Waals surface area contributed by atoms with Crippen LogP contribution < -0.4 is 5.32 Å². The highest BCUT2D eigenvalue weighted by Gasteiger charge is 2.71. The summed E-state index contributed by atoms with van der Waals surface area (Å²) in [6.45, 7) is 18.6. The van der Waals surface area contributed by atoms with Gasteiger partial charge in [0.1, 0.15) is 6.10 Å². The van der Waals surface area contributed by atoms with Crippen molar-refractivity contribution in [3.8, 4) is 0 Å². The zero-order chi connectivity index (χ0) is 39.3. The van der Waals surface area contributed by atoms with Gasteiger partial charge in [-0.3, -0.25) is 19.2 Å². The van der Waals surface area contributed by atoms with E-state index in [1.807, 2.05) is 13.8 Å². The Labute approximate surface area is 312 Å². The molecule has 6 rings (SSSR count). The first-order valence-corrected chi connectivity index (χ1v) is 19.5. The number of allylic oxidation sites excluding steroid dienone is 1. The maximum Gasteiger partial charge on any atom is 0.418 e. The van der Waals surface area contributed by atoms with E-state index >= 15 is 0 Å². The number of fused-ring (bicyclic) bond motifs is 7. The third-order valence-electron chi connectivity index (χ3n) is 15.7. The van der Waals surface area contributed by atoms with Gasteiger partial charge in [0.25, 0.3) is 0 Å². The molecule has 4 fully saturated rings. The lowest BCUT2D eigenvalue weighted by atomic mass is 9.33. The molecule has 0 spiro atoms. The average molecular weight is 742 g/mol. The summed E-state index contributed by atoms with van der Waals surface area (Å²) in [6, 6.07) is 5.04. The van der Waals surface area contributed by atoms with Crippen molar-refractivity contribution in [2.75, 3.05) is 5.32 Å². The second-order valence-electron chi connectivity index (χ2n) is 19.5. The zero-order valence-electron chi connectivity index (χ0n) is 32.9. The number of carbonyl (C=O) groups excluding carboxylic acids is 3. The van der Waals surface area contributed by atoms with E-state index in [0.29, 0.717) is 30.8 Å². The number of alkyl halides is 3. The van der Waals surface area contributed by atoms with Crippen molar-refractivity contribution in [1.82, 2.24) is 0 Å². The molecule has 0 bridgehead atoms. The van der Waals surface area contributed by atoms with Gasteiger partial charge in [-0.15, -0.1) is 0 Å². The van der Waals surface area contributed by atoms with Gasteiger partial charge in [-0.25, -0.2) is 0 Å². The lowest BCUT2D eigenvalue weighted by molar-refractivity contribution is -0.233. The molecule has 292 valence electrons. The van der Waals surface area contributed by atoms with E-state index in [-0.39, 0.29) is 69.8 Å². The molecule has 0 radical (unpaired) electrons. The minimum atomic E-state index is -4.64. The Morgan fingerprint density at radius 2 is 1.57 bits per heavy atom. The van der Waals surface area contributed by atoms with Gasteiger partial charge in [-0.1, -0.05) is 60.6 Å². The summed E-state index contributed by atoms with van der Waals surface area (Å²) >= 11 is 0. The van der Waals surface area contributed by atoms with E-state index in [9.17, 15) is 37.5 Å². The van der Waals surface area contributed by atoms with Crippen LogP contribution in [0.5, 0.6) is 0 Å². The number of halogens is 3. The van der Waals surface area contributed by atoms with E-state index in [2.05, 4.69) is 39.9 Å². The number of anilines is 1. The normalized spacial score (nSPS) is 36.6. The number of rotatable bonds is 7. The van der Waals surface area contributed by atoms with Gasteiger partial charge in [0.15, 0.2) is 5.78 Å². The van der Waals surface area contributed by atoms with Crippen LogP contribution in [0.25, 0.3) is 0 Å². The Balaban J connectivity index is 1.32. The van der Waals surface area contributed by atoms with Gasteiger partial charge in [-0.2, -0.15) is 13.2 Å². The van der Waals surface area contributed by atoms with Crippen LogP contribution in [0, 0.1) is 56.2 Å². The van der Waals surface area contributed by atoms with Crippen LogP contribution in [0.4, 0.5) is 18.9 Å². The molecule has 0 saturated heterocycles. The summed E-state index contributed by atoms with van der Waals surface area (Å²) in [5.74, 6) is -1.70. The molecule has 1 aromatic rings. The highest BCUT2D eigenvalue weighted by molar-refractivity contribution is 6.10. The van der Waals surface area contributed by atoms with Gasteiger partial charge < -0.3 is 15.2 Å². The summed E-state index contributed by atoms with van der Waals surface area (Å²) in [4.78, 5) is 53.2. The highest BCUT2D eigenvalue weighted by atomic mass is 19.4. The number of ether oxygens (including phenoxy) is 1. The number of ketones is 1. The first-order valence-electron chi connectivity index (χ1n) is 19.5. The third-order valence-corrected chi connectivity index (χ3v) is 15.7. The van der Waals surface area contributed by atoms with Gasteiger partial charge in [0.05, 0.1) is 28.5 Å². The summed E-state index contributed by atoms with van der Waals surface area (Å²) in [5, 5.41) is 12.3. The van der Waals surface area contributed by atoms with Crippen LogP contribution >= 0.6 is 0 Å². The average Bonchev–Trinajstić information content (AvgIpc) is 3.35. The van der Waals surface area contributed by atoms with Crippen molar-refractivity contribution < 1.29 is 42.2 Å². The Bertz CT molecular complexity index is 1740. The fraction of sp³-hybridized carbons (Fsp3) is 0.721. The predicted octanol–water partition coefficient (Wildman–Crippen LogP) is 10.0. The number of carboxylic acid groups (broad SMARTS) is 1. The maximum absolute atomic E-state index is 14.5. The summed E-state index contributed by atoms with van der Waals surface area (Å²) in [7, 11) is 0. The van der Waals surface area contributed by atoms with Gasteiger partial charge >= 0.3 is 18.1 Å². The number of amides is 1. The molecule has 0 aliphatic heterocycles. The molecular formula is C43H58F3NO6. The molecule has 1 amide bonds. The van der Waals surface area contributed by atoms with Gasteiger partial charge in [0, 0.05) is 11.8 Å². The number of hydrogen-bond acceptors (Lipinski definition) is 5. The largest absolute Gasteiger partial charge is 0.481 e. The number of Topliss-reactive ketones (excluding diaryl/α,β-unsaturated/α-hetero) is 1. The topological polar surface area (TPSA) is 110 Å². The van der Waals surface area contributed by atoms with Crippen molar-refractivity contribution in [3.05, 3.63) is 41.0 Å². The third kappa shape index (κ3) is 5.89. The number of nitrogens with one attached hydrogen (secondary N) is 1. The number of hydrogen-bond donors (Lipinski definition) is 2. The molecule has 8 atom stereocenters. The summed E-state index contributed by atoms with van der Waals surface area (Å²) in [5.41, 5.74) is -2.83. The maximum atomic E-state index is 14.5. The molecule has 53 heavy (non-hydrogen) atoms. The molecule has 7 nitrogen and oxygen atoms in total. The van der Waals surface area contributed by atoms with Crippen molar-refractivity contribution in [2.45, 2.75) is 139 Å². The van der Waals surface area contributed by atoms with Crippen molar-refractivity contribution in [2.24, 2.45) is 56.2 Å². The summed E-state index contributed by atoms with van der Waals surface area (Å²) in [6.07, 6.45) is 0.993. The van der Waals surface area contributed by atoms with Crippen LogP contribution in [-0.2, 0) is 30.1 Å².